The summed E-state index contributed by atoms with van der Waals surface area (Å²) < 4.78 is 66.3. The van der Waals surface area contributed by atoms with Crippen molar-refractivity contribution in [3.05, 3.63) is 70.4 Å². The standard InChI is InChI=1S/C27H23F3N4O6S/c1-41(39,40)22-9-14(13-31)5-6-19(22)24-23-20(7-8-21(23)36)33(17-4-2-3-15(10-17)27(28,29)30)26(38)34(24)25(37)32-16-11-18(35)12-16/h2-6,9-10,16,18,24,35H,7-8,11-12H2,1H3,(H,32,37)/t16?,18?,24-/m1/s1. The number of aliphatic hydroxyl groups excluding tert-OH is 1. The average molecular weight is 589 g/mol. The highest BCUT2D eigenvalue weighted by Gasteiger charge is 2.50. The zero-order chi connectivity index (χ0) is 29.9. The fourth-order valence-electron chi connectivity index (χ4n) is 5.35. The number of aliphatic hydroxyl groups is 1. The number of nitrogens with one attached hydrogen (secondary N) is 1. The van der Waals surface area contributed by atoms with Crippen molar-refractivity contribution in [3.8, 4) is 6.07 Å². The van der Waals surface area contributed by atoms with E-state index in [-0.39, 0.29) is 58.7 Å². The van der Waals surface area contributed by atoms with E-state index in [9.17, 15) is 46.3 Å². The number of amides is 4. The molecule has 2 aromatic carbocycles. The Bertz CT molecular complexity index is 1660. The summed E-state index contributed by atoms with van der Waals surface area (Å²) in [6, 6.07) is 5.13. The van der Waals surface area contributed by atoms with Gasteiger partial charge < -0.3 is 10.4 Å². The van der Waals surface area contributed by atoms with Crippen LogP contribution in [0, 0.1) is 11.3 Å². The van der Waals surface area contributed by atoms with Crippen molar-refractivity contribution >= 4 is 33.4 Å². The third-order valence-electron chi connectivity index (χ3n) is 7.33. The number of nitrogens with zero attached hydrogens (tertiary/aromatic N) is 3. The van der Waals surface area contributed by atoms with Gasteiger partial charge in [0.05, 0.1) is 33.9 Å². The first-order valence-electron chi connectivity index (χ1n) is 12.5. The molecule has 2 N–H and O–H groups in total. The Morgan fingerprint density at radius 2 is 1.83 bits per heavy atom. The van der Waals surface area contributed by atoms with Gasteiger partial charge in [-0.25, -0.2) is 22.9 Å². The second-order valence-corrected chi connectivity index (χ2v) is 12.1. The maximum Gasteiger partial charge on any atom is 0.416 e. The Balaban J connectivity index is 1.74. The number of urea groups is 2. The van der Waals surface area contributed by atoms with Crippen molar-refractivity contribution in [1.29, 1.82) is 5.26 Å². The normalized spacial score (nSPS) is 22.8. The van der Waals surface area contributed by atoms with Crippen molar-refractivity contribution in [2.75, 3.05) is 11.2 Å². The number of Topliss-reactive ketones (excluding diaryl/α,β-unsaturated/α-hetero) is 1. The molecule has 0 bridgehead atoms. The summed E-state index contributed by atoms with van der Waals surface area (Å²) in [7, 11) is -4.07. The van der Waals surface area contributed by atoms with Crippen LogP contribution in [-0.2, 0) is 20.8 Å². The van der Waals surface area contributed by atoms with Crippen LogP contribution in [0.25, 0.3) is 0 Å². The number of benzene rings is 2. The van der Waals surface area contributed by atoms with Crippen LogP contribution in [0.2, 0.25) is 0 Å². The number of anilines is 1. The fourth-order valence-corrected chi connectivity index (χ4v) is 6.30. The molecule has 4 amide bonds. The predicted octanol–water partition coefficient (Wildman–Crippen LogP) is 3.81. The third-order valence-corrected chi connectivity index (χ3v) is 8.48. The molecule has 14 heteroatoms. The number of alkyl halides is 3. The Morgan fingerprint density at radius 1 is 1.12 bits per heavy atom. The van der Waals surface area contributed by atoms with E-state index in [0.29, 0.717) is 4.90 Å². The molecule has 41 heavy (non-hydrogen) atoms. The number of hydrogen-bond donors (Lipinski definition) is 2. The second kappa shape index (κ2) is 10.0. The number of ketones is 1. The minimum absolute atomic E-state index is 0.0201. The number of allylic oxidation sites excluding steroid dienone is 1. The van der Waals surface area contributed by atoms with Crippen molar-refractivity contribution in [1.82, 2.24) is 10.2 Å². The van der Waals surface area contributed by atoms with E-state index in [4.69, 9.17) is 0 Å². The maximum absolute atomic E-state index is 14.1. The number of halogens is 3. The van der Waals surface area contributed by atoms with Crippen LogP contribution in [0.4, 0.5) is 28.4 Å². The summed E-state index contributed by atoms with van der Waals surface area (Å²) in [5.41, 5.74) is -1.48. The number of carbonyl (C=O) groups excluding carboxylic acids is 3. The summed E-state index contributed by atoms with van der Waals surface area (Å²) in [4.78, 5) is 42.2. The first-order valence-corrected chi connectivity index (χ1v) is 14.4. The molecule has 5 rings (SSSR count). The van der Waals surface area contributed by atoms with Crippen LogP contribution in [-0.4, -0.2) is 54.7 Å². The molecule has 0 aromatic heterocycles. The minimum atomic E-state index is -4.74. The highest BCUT2D eigenvalue weighted by atomic mass is 32.2. The lowest BCUT2D eigenvalue weighted by molar-refractivity contribution is -0.137. The number of carbonyl (C=O) groups is 3. The van der Waals surface area contributed by atoms with Gasteiger partial charge in [0, 0.05) is 30.0 Å². The van der Waals surface area contributed by atoms with Crippen LogP contribution in [0.5, 0.6) is 0 Å². The van der Waals surface area contributed by atoms with Gasteiger partial charge in [0.15, 0.2) is 15.6 Å². The monoisotopic (exact) mass is 588 g/mol. The molecule has 0 saturated heterocycles. The summed E-state index contributed by atoms with van der Waals surface area (Å²) in [5.74, 6) is -0.518. The summed E-state index contributed by atoms with van der Waals surface area (Å²) in [5, 5.41) is 21.6. The molecule has 1 atom stereocenters. The lowest BCUT2D eigenvalue weighted by atomic mass is 9.89. The van der Waals surface area contributed by atoms with E-state index < -0.39 is 57.6 Å². The Labute approximate surface area is 232 Å². The average Bonchev–Trinajstić information content (AvgIpc) is 3.26. The molecule has 1 fully saturated rings. The van der Waals surface area contributed by atoms with Crippen LogP contribution in [0.15, 0.2) is 58.6 Å². The summed E-state index contributed by atoms with van der Waals surface area (Å²) in [6.45, 7) is 0. The van der Waals surface area contributed by atoms with Crippen LogP contribution in [0.3, 0.4) is 0 Å². The Kier molecular flexibility index (Phi) is 6.91. The van der Waals surface area contributed by atoms with E-state index in [1.165, 1.54) is 18.2 Å². The zero-order valence-corrected chi connectivity index (χ0v) is 22.3. The second-order valence-electron chi connectivity index (χ2n) is 10.1. The number of nitriles is 1. The van der Waals surface area contributed by atoms with E-state index >= 15 is 0 Å². The fraction of sp³-hybridized carbons (Fsp3) is 0.333. The SMILES string of the molecule is CS(=O)(=O)c1cc(C#N)ccc1[C@@H]1C2=C(CCC2=O)N(c2cccc(C(F)(F)F)c2)C(=O)N1C(=O)NC1CC(O)C1. The molecular formula is C27H23F3N4O6S. The van der Waals surface area contributed by atoms with Gasteiger partial charge >= 0.3 is 18.2 Å². The van der Waals surface area contributed by atoms with Crippen molar-refractivity contribution in [2.45, 2.75) is 54.9 Å². The predicted molar refractivity (Wildman–Crippen MR) is 137 cm³/mol. The largest absolute Gasteiger partial charge is 0.416 e. The minimum Gasteiger partial charge on any atom is -0.393 e. The lowest BCUT2D eigenvalue weighted by Crippen LogP contribution is -2.58. The highest BCUT2D eigenvalue weighted by molar-refractivity contribution is 7.90. The summed E-state index contributed by atoms with van der Waals surface area (Å²) >= 11 is 0. The van der Waals surface area contributed by atoms with Gasteiger partial charge in [0.25, 0.3) is 0 Å². The van der Waals surface area contributed by atoms with Gasteiger partial charge in [-0.3, -0.25) is 9.69 Å². The molecule has 214 valence electrons. The third kappa shape index (κ3) is 5.07. The van der Waals surface area contributed by atoms with E-state index in [2.05, 4.69) is 5.32 Å². The number of sulfone groups is 1. The van der Waals surface area contributed by atoms with Gasteiger partial charge in [-0.1, -0.05) is 12.1 Å². The van der Waals surface area contributed by atoms with Crippen molar-refractivity contribution in [2.24, 2.45) is 0 Å². The van der Waals surface area contributed by atoms with Gasteiger partial charge in [-0.15, -0.1) is 0 Å². The quantitative estimate of drug-likeness (QED) is 0.552. The first kappa shape index (κ1) is 28.3. The van der Waals surface area contributed by atoms with Gasteiger partial charge in [-0.2, -0.15) is 18.4 Å². The summed E-state index contributed by atoms with van der Waals surface area (Å²) in [6.07, 6.45) is -4.33. The topological polar surface area (TPSA) is 148 Å². The first-order chi connectivity index (χ1) is 19.2. The van der Waals surface area contributed by atoms with Crippen molar-refractivity contribution < 1.29 is 41.1 Å². The molecule has 3 aliphatic rings. The lowest BCUT2D eigenvalue weighted by Gasteiger charge is -2.42. The van der Waals surface area contributed by atoms with Crippen LogP contribution in [0.1, 0.15) is 48.4 Å². The van der Waals surface area contributed by atoms with E-state index in [1.807, 2.05) is 6.07 Å². The number of hydrogen-bond acceptors (Lipinski definition) is 7. The zero-order valence-electron chi connectivity index (χ0n) is 21.5. The van der Waals surface area contributed by atoms with Crippen LogP contribution < -0.4 is 10.2 Å². The molecule has 1 aliphatic heterocycles. The number of imide groups is 1. The van der Waals surface area contributed by atoms with Gasteiger partial charge in [0.2, 0.25) is 0 Å². The molecule has 0 radical (unpaired) electrons. The molecule has 1 heterocycles. The van der Waals surface area contributed by atoms with E-state index in [1.54, 1.807) is 0 Å². The number of rotatable bonds is 4. The molecule has 10 nitrogen and oxygen atoms in total. The molecular weight excluding hydrogens is 565 g/mol. The highest BCUT2D eigenvalue weighted by Crippen LogP contribution is 2.47. The smallest absolute Gasteiger partial charge is 0.393 e. The van der Waals surface area contributed by atoms with E-state index in [0.717, 1.165) is 35.4 Å². The molecule has 0 unspecified atom stereocenters. The van der Waals surface area contributed by atoms with Crippen molar-refractivity contribution in [3.63, 3.8) is 0 Å². The van der Waals surface area contributed by atoms with Crippen LogP contribution >= 0.6 is 0 Å². The molecule has 2 aliphatic carbocycles. The van der Waals surface area contributed by atoms with Gasteiger partial charge in [-0.05, 0) is 55.2 Å². The maximum atomic E-state index is 14.1. The molecule has 1 saturated carbocycles. The Hall–Kier alpha value is -4.22. The molecule has 0 spiro atoms. The van der Waals surface area contributed by atoms with Gasteiger partial charge in [0.1, 0.15) is 6.04 Å². The molecule has 2 aromatic rings. The Morgan fingerprint density at radius 3 is 2.44 bits per heavy atom.